The number of benzene rings is 1. The van der Waals surface area contributed by atoms with Gasteiger partial charge in [-0.25, -0.2) is 0 Å². The van der Waals surface area contributed by atoms with Gasteiger partial charge in [0.15, 0.2) is 0 Å². The van der Waals surface area contributed by atoms with Gasteiger partial charge in [-0.15, -0.1) is 0 Å². The topological polar surface area (TPSA) is 58.2 Å². The second-order valence-corrected chi connectivity index (χ2v) is 6.06. The van der Waals surface area contributed by atoms with Gasteiger partial charge in [0.2, 0.25) is 5.91 Å². The molecule has 2 N–H and O–H groups in total. The average molecular weight is 348 g/mol. The Kier molecular flexibility index (Phi) is 5.38. The second-order valence-electron chi connectivity index (χ2n) is 4.77. The molecule has 1 aromatic rings. The number of amides is 2. The van der Waals surface area contributed by atoms with Crippen molar-refractivity contribution in [3.05, 3.63) is 33.3 Å². The first-order chi connectivity index (χ1) is 8.77. The molecular weight excluding hydrogens is 332 g/mol. The lowest BCUT2D eigenvalue weighted by Crippen LogP contribution is -2.43. The molecule has 19 heavy (non-hydrogen) atoms. The molecule has 2 amide bonds. The summed E-state index contributed by atoms with van der Waals surface area (Å²) in [7, 11) is 1.57. The van der Waals surface area contributed by atoms with Crippen LogP contribution in [0, 0.1) is 5.41 Å². The first kappa shape index (κ1) is 16.0. The zero-order valence-corrected chi connectivity index (χ0v) is 13.4. The molecule has 0 aliphatic rings. The van der Waals surface area contributed by atoms with Gasteiger partial charge in [0.05, 0.1) is 11.0 Å². The van der Waals surface area contributed by atoms with Crippen molar-refractivity contribution in [1.82, 2.24) is 10.6 Å². The van der Waals surface area contributed by atoms with E-state index in [4.69, 9.17) is 11.6 Å². The van der Waals surface area contributed by atoms with E-state index in [0.29, 0.717) is 15.1 Å². The standard InChI is InChI=1S/C13H16BrClN2O2/c1-13(2,12(19)16-3)7-17-11(18)9-5-4-8(15)6-10(9)14/h4-6H,7H2,1-3H3,(H,16,19)(H,17,18). The first-order valence-corrected chi connectivity index (χ1v) is 6.90. The minimum atomic E-state index is -0.663. The predicted molar refractivity (Wildman–Crippen MR) is 79.3 cm³/mol. The number of carbonyl (C=O) groups is 2. The van der Waals surface area contributed by atoms with Crippen LogP contribution in [-0.4, -0.2) is 25.4 Å². The zero-order valence-electron chi connectivity index (χ0n) is 11.0. The number of halogens is 2. The molecule has 0 saturated heterocycles. The van der Waals surface area contributed by atoms with Crippen LogP contribution in [-0.2, 0) is 4.79 Å². The maximum Gasteiger partial charge on any atom is 0.252 e. The fourth-order valence-electron chi connectivity index (χ4n) is 1.49. The van der Waals surface area contributed by atoms with Crippen molar-refractivity contribution in [3.63, 3.8) is 0 Å². The van der Waals surface area contributed by atoms with Gasteiger partial charge >= 0.3 is 0 Å². The third-order valence-corrected chi connectivity index (χ3v) is 3.60. The predicted octanol–water partition coefficient (Wildman–Crippen LogP) is 2.60. The van der Waals surface area contributed by atoms with Gasteiger partial charge in [0.1, 0.15) is 0 Å². The molecule has 0 radical (unpaired) electrons. The lowest BCUT2D eigenvalue weighted by Gasteiger charge is -2.22. The highest BCUT2D eigenvalue weighted by Gasteiger charge is 2.27. The lowest BCUT2D eigenvalue weighted by atomic mass is 9.92. The Labute approximate surface area is 126 Å². The van der Waals surface area contributed by atoms with E-state index in [0.717, 1.165) is 0 Å². The first-order valence-electron chi connectivity index (χ1n) is 5.73. The van der Waals surface area contributed by atoms with Gasteiger partial charge < -0.3 is 10.6 Å². The number of hydrogen-bond acceptors (Lipinski definition) is 2. The lowest BCUT2D eigenvalue weighted by molar-refractivity contribution is -0.128. The Bertz CT molecular complexity index is 503. The molecule has 104 valence electrons. The van der Waals surface area contributed by atoms with E-state index >= 15 is 0 Å². The van der Waals surface area contributed by atoms with E-state index in [9.17, 15) is 9.59 Å². The van der Waals surface area contributed by atoms with Crippen molar-refractivity contribution in [3.8, 4) is 0 Å². The maximum atomic E-state index is 12.0. The Morgan fingerprint density at radius 1 is 1.37 bits per heavy atom. The van der Waals surface area contributed by atoms with Crippen molar-refractivity contribution in [2.45, 2.75) is 13.8 Å². The molecule has 0 spiro atoms. The molecule has 0 saturated carbocycles. The SMILES string of the molecule is CNC(=O)C(C)(C)CNC(=O)c1ccc(Cl)cc1Br. The van der Waals surface area contributed by atoms with Crippen LogP contribution in [0.3, 0.4) is 0 Å². The van der Waals surface area contributed by atoms with Crippen molar-refractivity contribution in [2.75, 3.05) is 13.6 Å². The van der Waals surface area contributed by atoms with E-state index in [1.165, 1.54) is 0 Å². The van der Waals surface area contributed by atoms with Gasteiger partial charge in [-0.3, -0.25) is 9.59 Å². The zero-order chi connectivity index (χ0) is 14.6. The molecule has 0 atom stereocenters. The fraction of sp³-hybridized carbons (Fsp3) is 0.385. The van der Waals surface area contributed by atoms with Gasteiger partial charge in [0, 0.05) is 23.1 Å². The Morgan fingerprint density at radius 2 is 2.00 bits per heavy atom. The minimum absolute atomic E-state index is 0.122. The quantitative estimate of drug-likeness (QED) is 0.879. The van der Waals surface area contributed by atoms with E-state index in [1.807, 2.05) is 0 Å². The number of nitrogens with one attached hydrogen (secondary N) is 2. The summed E-state index contributed by atoms with van der Waals surface area (Å²) in [6, 6.07) is 4.93. The fourth-order valence-corrected chi connectivity index (χ4v) is 2.35. The molecule has 0 unspecified atom stereocenters. The highest BCUT2D eigenvalue weighted by Crippen LogP contribution is 2.22. The van der Waals surface area contributed by atoms with Gasteiger partial charge in [-0.05, 0) is 48.0 Å². The minimum Gasteiger partial charge on any atom is -0.359 e. The maximum absolute atomic E-state index is 12.0. The van der Waals surface area contributed by atoms with E-state index < -0.39 is 5.41 Å². The van der Waals surface area contributed by atoms with E-state index in [1.54, 1.807) is 39.1 Å². The van der Waals surface area contributed by atoms with Crippen LogP contribution in [0.4, 0.5) is 0 Å². The van der Waals surface area contributed by atoms with Crippen molar-refractivity contribution < 1.29 is 9.59 Å². The van der Waals surface area contributed by atoms with Gasteiger partial charge in [-0.1, -0.05) is 11.6 Å². The second kappa shape index (κ2) is 6.39. The van der Waals surface area contributed by atoms with Crippen molar-refractivity contribution in [2.24, 2.45) is 5.41 Å². The molecule has 0 heterocycles. The number of hydrogen-bond donors (Lipinski definition) is 2. The molecule has 0 aromatic heterocycles. The summed E-state index contributed by atoms with van der Waals surface area (Å²) >= 11 is 9.10. The molecule has 0 bridgehead atoms. The van der Waals surface area contributed by atoms with Crippen LogP contribution >= 0.6 is 27.5 Å². The van der Waals surface area contributed by atoms with Crippen molar-refractivity contribution >= 4 is 39.3 Å². The highest BCUT2D eigenvalue weighted by molar-refractivity contribution is 9.10. The molecule has 0 aliphatic carbocycles. The smallest absolute Gasteiger partial charge is 0.252 e. The monoisotopic (exact) mass is 346 g/mol. The summed E-state index contributed by atoms with van der Waals surface area (Å²) in [5.41, 5.74) is -0.180. The Morgan fingerprint density at radius 3 is 2.53 bits per heavy atom. The molecule has 0 fully saturated rings. The summed E-state index contributed by atoms with van der Waals surface area (Å²) in [4.78, 5) is 23.6. The van der Waals surface area contributed by atoms with Crippen LogP contribution in [0.2, 0.25) is 5.02 Å². The molecule has 1 rings (SSSR count). The third kappa shape index (κ3) is 4.21. The highest BCUT2D eigenvalue weighted by atomic mass is 79.9. The number of rotatable bonds is 4. The van der Waals surface area contributed by atoms with Crippen LogP contribution in [0.5, 0.6) is 0 Å². The average Bonchev–Trinajstić information content (AvgIpc) is 2.35. The summed E-state index contributed by atoms with van der Waals surface area (Å²) in [6.45, 7) is 3.78. The molecular formula is C13H16BrClN2O2. The van der Waals surface area contributed by atoms with Crippen molar-refractivity contribution in [1.29, 1.82) is 0 Å². The number of carbonyl (C=O) groups excluding carboxylic acids is 2. The third-order valence-electron chi connectivity index (χ3n) is 2.71. The van der Waals surface area contributed by atoms with E-state index in [-0.39, 0.29) is 18.4 Å². The normalized spacial score (nSPS) is 11.0. The summed E-state index contributed by atoms with van der Waals surface area (Å²) in [5, 5.41) is 5.86. The molecule has 0 aliphatic heterocycles. The summed E-state index contributed by atoms with van der Waals surface area (Å²) < 4.78 is 0.621. The Hall–Kier alpha value is -1.07. The van der Waals surface area contributed by atoms with Crippen LogP contribution in [0.25, 0.3) is 0 Å². The molecule has 6 heteroatoms. The Balaban J connectivity index is 2.73. The van der Waals surface area contributed by atoms with Crippen LogP contribution < -0.4 is 10.6 Å². The van der Waals surface area contributed by atoms with Crippen LogP contribution in [0.1, 0.15) is 24.2 Å². The molecule has 1 aromatic carbocycles. The largest absolute Gasteiger partial charge is 0.359 e. The van der Waals surface area contributed by atoms with Crippen LogP contribution in [0.15, 0.2) is 22.7 Å². The summed E-state index contributed by atoms with van der Waals surface area (Å²) in [6.07, 6.45) is 0. The van der Waals surface area contributed by atoms with Gasteiger partial charge in [0.25, 0.3) is 5.91 Å². The van der Waals surface area contributed by atoms with E-state index in [2.05, 4.69) is 26.6 Å². The molecule has 4 nitrogen and oxygen atoms in total. The summed E-state index contributed by atoms with van der Waals surface area (Å²) in [5.74, 6) is -0.372. The van der Waals surface area contributed by atoms with Gasteiger partial charge in [-0.2, -0.15) is 0 Å².